The van der Waals surface area contributed by atoms with Crippen LogP contribution in [0.4, 0.5) is 0 Å². The molecule has 1 N–H and O–H groups in total. The van der Waals surface area contributed by atoms with Gasteiger partial charge in [0.1, 0.15) is 41.2 Å². The molecule has 0 radical (unpaired) electrons. The highest BCUT2D eigenvalue weighted by molar-refractivity contribution is 5.76. The van der Waals surface area contributed by atoms with Crippen LogP contribution >= 0.6 is 0 Å². The molecule has 0 unspecified atom stereocenters. The Labute approximate surface area is 103 Å². The van der Waals surface area contributed by atoms with E-state index in [0.29, 0.717) is 5.56 Å². The van der Waals surface area contributed by atoms with E-state index in [1.165, 1.54) is 12.1 Å². The molecule has 0 saturated carbocycles. The minimum atomic E-state index is -0.309. The molecular weight excluding hydrogens is 228 g/mol. The maximum absolute atomic E-state index is 9.73. The maximum Gasteiger partial charge on any atom is 0.140 e. The third kappa shape index (κ3) is 2.12. The number of nitrogens with zero attached hydrogens (tertiary/aromatic N) is 4. The average Bonchev–Trinajstić information content (AvgIpc) is 2.37. The van der Waals surface area contributed by atoms with Gasteiger partial charge in [0.25, 0.3) is 0 Å². The van der Waals surface area contributed by atoms with Gasteiger partial charge < -0.3 is 5.11 Å². The molecule has 0 aromatic heterocycles. The molecule has 84 valence electrons. The number of nitriles is 4. The minimum absolute atomic E-state index is 0.0940. The fourth-order valence-corrected chi connectivity index (χ4v) is 1.46. The lowest BCUT2D eigenvalue weighted by molar-refractivity contribution is 0.470. The summed E-state index contributed by atoms with van der Waals surface area (Å²) in [6.07, 6.45) is 0. The molecule has 5 nitrogen and oxygen atoms in total. The van der Waals surface area contributed by atoms with E-state index in [1.54, 1.807) is 31.2 Å². The largest absolute Gasteiger partial charge is 0.507 e. The lowest BCUT2D eigenvalue weighted by Gasteiger charge is -1.99. The summed E-state index contributed by atoms with van der Waals surface area (Å²) >= 11 is 0. The molecule has 1 aromatic rings. The molecule has 0 bridgehead atoms. The van der Waals surface area contributed by atoms with E-state index in [4.69, 9.17) is 21.0 Å². The maximum atomic E-state index is 9.73. The first kappa shape index (κ1) is 12.8. The molecule has 0 saturated heterocycles. The third-order valence-corrected chi connectivity index (χ3v) is 2.33. The predicted molar refractivity (Wildman–Crippen MR) is 61.4 cm³/mol. The van der Waals surface area contributed by atoms with Crippen molar-refractivity contribution in [1.29, 1.82) is 21.0 Å². The predicted octanol–water partition coefficient (Wildman–Crippen LogP) is 0.0963. The van der Waals surface area contributed by atoms with Crippen molar-refractivity contribution >= 4 is 11.1 Å². The summed E-state index contributed by atoms with van der Waals surface area (Å²) < 4.78 is 0. The van der Waals surface area contributed by atoms with Crippen molar-refractivity contribution < 1.29 is 5.11 Å². The first-order chi connectivity index (χ1) is 8.58. The SMILES string of the molecule is Cc1cc(=C(C#N)C#N)c(O)cc1=C(C#N)C#N. The van der Waals surface area contributed by atoms with Crippen molar-refractivity contribution in [1.82, 2.24) is 0 Å². The molecule has 0 aliphatic rings. The zero-order valence-corrected chi connectivity index (χ0v) is 9.39. The summed E-state index contributed by atoms with van der Waals surface area (Å²) in [5, 5.41) is 45.1. The molecule has 0 spiro atoms. The summed E-state index contributed by atoms with van der Waals surface area (Å²) in [6, 6.07) is 9.40. The van der Waals surface area contributed by atoms with Crippen molar-refractivity contribution in [3.05, 3.63) is 28.1 Å². The third-order valence-electron chi connectivity index (χ3n) is 2.33. The monoisotopic (exact) mass is 234 g/mol. The van der Waals surface area contributed by atoms with E-state index in [1.807, 2.05) is 0 Å². The van der Waals surface area contributed by atoms with Crippen LogP contribution in [0.3, 0.4) is 0 Å². The van der Waals surface area contributed by atoms with Crippen LogP contribution in [0.5, 0.6) is 5.75 Å². The van der Waals surface area contributed by atoms with E-state index in [2.05, 4.69) is 0 Å². The van der Waals surface area contributed by atoms with Crippen LogP contribution in [0.25, 0.3) is 11.1 Å². The van der Waals surface area contributed by atoms with Crippen LogP contribution in [-0.4, -0.2) is 5.11 Å². The zero-order valence-electron chi connectivity index (χ0n) is 9.39. The molecule has 5 heteroatoms. The number of aryl methyl sites for hydroxylation is 1. The highest BCUT2D eigenvalue weighted by atomic mass is 16.3. The van der Waals surface area contributed by atoms with Crippen molar-refractivity contribution in [3.63, 3.8) is 0 Å². The Kier molecular flexibility index (Phi) is 3.67. The van der Waals surface area contributed by atoms with Gasteiger partial charge in [-0.1, -0.05) is 0 Å². The molecule has 18 heavy (non-hydrogen) atoms. The number of aromatic hydroxyl groups is 1. The van der Waals surface area contributed by atoms with E-state index in [9.17, 15) is 5.11 Å². The normalized spacial score (nSPS) is 8.28. The van der Waals surface area contributed by atoms with Gasteiger partial charge in [0.2, 0.25) is 0 Å². The second-order valence-electron chi connectivity index (χ2n) is 3.38. The number of rotatable bonds is 0. The van der Waals surface area contributed by atoms with Gasteiger partial charge in [-0.05, 0) is 24.6 Å². The van der Waals surface area contributed by atoms with Crippen LogP contribution in [0.15, 0.2) is 12.1 Å². The van der Waals surface area contributed by atoms with Crippen LogP contribution < -0.4 is 10.4 Å². The first-order valence-corrected chi connectivity index (χ1v) is 4.77. The number of benzene rings is 1. The van der Waals surface area contributed by atoms with Crippen LogP contribution in [0.2, 0.25) is 0 Å². The molecule has 0 fully saturated rings. The number of phenolic OH excluding ortho intramolecular Hbond substituents is 1. The summed E-state index contributed by atoms with van der Waals surface area (Å²) in [6.45, 7) is 1.62. The van der Waals surface area contributed by atoms with Gasteiger partial charge >= 0.3 is 0 Å². The van der Waals surface area contributed by atoms with Gasteiger partial charge in [-0.2, -0.15) is 21.0 Å². The highest BCUT2D eigenvalue weighted by Gasteiger charge is 2.05. The fourth-order valence-electron chi connectivity index (χ4n) is 1.46. The average molecular weight is 234 g/mol. The zero-order chi connectivity index (χ0) is 13.7. The summed E-state index contributed by atoms with van der Waals surface area (Å²) in [5.41, 5.74) is 0.173. The molecular formula is C13H6N4O. The van der Waals surface area contributed by atoms with Crippen molar-refractivity contribution in [2.75, 3.05) is 0 Å². The molecule has 1 aromatic carbocycles. The Balaban J connectivity index is 3.96. The van der Waals surface area contributed by atoms with Crippen molar-refractivity contribution in [2.24, 2.45) is 0 Å². The van der Waals surface area contributed by atoms with Gasteiger partial charge in [-0.3, -0.25) is 0 Å². The smallest absolute Gasteiger partial charge is 0.140 e. The quantitative estimate of drug-likeness (QED) is 0.683. The van der Waals surface area contributed by atoms with Crippen LogP contribution in [0.1, 0.15) is 5.56 Å². The Hall–Kier alpha value is -3.28. The molecule has 0 aliphatic carbocycles. The molecule has 1 rings (SSSR count). The molecule has 0 atom stereocenters. The van der Waals surface area contributed by atoms with Crippen LogP contribution in [0, 0.1) is 52.2 Å². The van der Waals surface area contributed by atoms with E-state index < -0.39 is 0 Å². The Bertz CT molecular complexity index is 690. The molecule has 0 aliphatic heterocycles. The van der Waals surface area contributed by atoms with Gasteiger partial charge in [0.05, 0.1) is 0 Å². The summed E-state index contributed by atoms with van der Waals surface area (Å²) in [4.78, 5) is 0. The van der Waals surface area contributed by atoms with Gasteiger partial charge in [-0.15, -0.1) is 0 Å². The fraction of sp³-hybridized carbons (Fsp3) is 0.0769. The number of phenols is 1. The van der Waals surface area contributed by atoms with Gasteiger partial charge in [0, 0.05) is 10.4 Å². The standard InChI is InChI=1S/C13H6N4O/c1-8-2-12(10(6-16)7-17)13(18)3-11(8)9(4-14)5-15/h2-3,18H,1H3. The second kappa shape index (κ2) is 5.17. The Morgan fingerprint density at radius 3 is 1.78 bits per heavy atom. The Morgan fingerprint density at radius 2 is 1.33 bits per heavy atom. The minimum Gasteiger partial charge on any atom is -0.507 e. The number of hydrogen-bond acceptors (Lipinski definition) is 5. The lowest BCUT2D eigenvalue weighted by Crippen LogP contribution is -2.16. The van der Waals surface area contributed by atoms with Crippen molar-refractivity contribution in [2.45, 2.75) is 6.92 Å². The van der Waals surface area contributed by atoms with Crippen LogP contribution in [-0.2, 0) is 0 Å². The van der Waals surface area contributed by atoms with E-state index >= 15 is 0 Å². The lowest BCUT2D eigenvalue weighted by atomic mass is 10.1. The summed E-state index contributed by atoms with van der Waals surface area (Å²) in [5.74, 6) is -0.309. The van der Waals surface area contributed by atoms with Gasteiger partial charge in [-0.25, -0.2) is 0 Å². The highest BCUT2D eigenvalue weighted by Crippen LogP contribution is 2.02. The van der Waals surface area contributed by atoms with Crippen molar-refractivity contribution in [3.8, 4) is 30.0 Å². The first-order valence-electron chi connectivity index (χ1n) is 4.77. The molecule has 0 amide bonds. The topological polar surface area (TPSA) is 115 Å². The van der Waals surface area contributed by atoms with E-state index in [0.717, 1.165) is 0 Å². The molecule has 0 heterocycles. The van der Waals surface area contributed by atoms with Gasteiger partial charge in [0.15, 0.2) is 0 Å². The summed E-state index contributed by atoms with van der Waals surface area (Å²) in [7, 11) is 0. The Morgan fingerprint density at radius 1 is 0.889 bits per heavy atom. The second-order valence-corrected chi connectivity index (χ2v) is 3.38. The number of hydrogen-bond donors (Lipinski definition) is 1. The van der Waals surface area contributed by atoms with E-state index in [-0.39, 0.29) is 27.3 Å².